The number of carbonyl (C=O) groups excluding carboxylic acids is 1. The van der Waals surface area contributed by atoms with Gasteiger partial charge in [0, 0.05) is 6.42 Å². The molecule has 0 spiro atoms. The first kappa shape index (κ1) is 18.7. The standard InChI is InChI=1S/C21H25NO3/c1-14-10-11-15(2)18(12-14)16(3)22-19(23)13-21(4,20(24)25)17-8-6-5-7-9-17/h5-12,16H,13H2,1-4H3,(H,22,23)(H,24,25). The van der Waals surface area contributed by atoms with Crippen molar-refractivity contribution in [2.24, 2.45) is 0 Å². The summed E-state index contributed by atoms with van der Waals surface area (Å²) in [6.07, 6.45) is -0.110. The Labute approximate surface area is 148 Å². The summed E-state index contributed by atoms with van der Waals surface area (Å²) in [5.41, 5.74) is 2.64. The van der Waals surface area contributed by atoms with Gasteiger partial charge in [0.25, 0.3) is 0 Å². The van der Waals surface area contributed by atoms with Crippen molar-refractivity contribution in [1.82, 2.24) is 5.32 Å². The van der Waals surface area contributed by atoms with Crippen LogP contribution in [-0.4, -0.2) is 17.0 Å². The summed E-state index contributed by atoms with van der Waals surface area (Å²) in [6.45, 7) is 7.52. The van der Waals surface area contributed by atoms with Crippen LogP contribution in [0.2, 0.25) is 0 Å². The number of hydrogen-bond donors (Lipinski definition) is 2. The van der Waals surface area contributed by atoms with Crippen molar-refractivity contribution in [2.45, 2.75) is 45.6 Å². The molecule has 2 N–H and O–H groups in total. The fraction of sp³-hybridized carbons (Fsp3) is 0.333. The van der Waals surface area contributed by atoms with Crippen LogP contribution in [0, 0.1) is 13.8 Å². The Bertz CT molecular complexity index is 770. The van der Waals surface area contributed by atoms with Crippen molar-refractivity contribution in [3.05, 3.63) is 70.8 Å². The molecule has 0 radical (unpaired) electrons. The lowest BCUT2D eigenvalue weighted by Crippen LogP contribution is -2.39. The second-order valence-electron chi connectivity index (χ2n) is 6.83. The van der Waals surface area contributed by atoms with Gasteiger partial charge in [-0.05, 0) is 44.4 Å². The van der Waals surface area contributed by atoms with Crippen LogP contribution in [0.1, 0.15) is 48.6 Å². The van der Waals surface area contributed by atoms with Crippen LogP contribution in [0.3, 0.4) is 0 Å². The molecule has 0 aliphatic heterocycles. The molecule has 0 aromatic heterocycles. The van der Waals surface area contributed by atoms with E-state index in [4.69, 9.17) is 0 Å². The molecule has 2 atom stereocenters. The van der Waals surface area contributed by atoms with Crippen molar-refractivity contribution < 1.29 is 14.7 Å². The molecular weight excluding hydrogens is 314 g/mol. The Morgan fingerprint density at radius 1 is 1.12 bits per heavy atom. The number of amides is 1. The van der Waals surface area contributed by atoms with Crippen LogP contribution in [0.15, 0.2) is 48.5 Å². The smallest absolute Gasteiger partial charge is 0.314 e. The molecule has 0 heterocycles. The summed E-state index contributed by atoms with van der Waals surface area (Å²) in [6, 6.07) is 14.8. The molecule has 1 amide bonds. The monoisotopic (exact) mass is 339 g/mol. The number of aliphatic carboxylic acids is 1. The summed E-state index contributed by atoms with van der Waals surface area (Å²) in [4.78, 5) is 24.4. The van der Waals surface area contributed by atoms with E-state index in [0.29, 0.717) is 5.56 Å². The van der Waals surface area contributed by atoms with E-state index in [1.807, 2.05) is 45.0 Å². The van der Waals surface area contributed by atoms with Gasteiger partial charge in [0.1, 0.15) is 0 Å². The normalized spacial score (nSPS) is 14.4. The first-order chi connectivity index (χ1) is 11.7. The first-order valence-corrected chi connectivity index (χ1v) is 8.39. The Morgan fingerprint density at radius 3 is 2.36 bits per heavy atom. The highest BCUT2D eigenvalue weighted by Gasteiger charge is 2.37. The topological polar surface area (TPSA) is 66.4 Å². The molecule has 0 bridgehead atoms. The number of nitrogens with one attached hydrogen (secondary N) is 1. The zero-order valence-electron chi connectivity index (χ0n) is 15.2. The third-order valence-electron chi connectivity index (χ3n) is 4.68. The molecule has 2 unspecified atom stereocenters. The van der Waals surface area contributed by atoms with Crippen molar-refractivity contribution >= 4 is 11.9 Å². The number of carboxylic acids is 1. The summed E-state index contributed by atoms with van der Waals surface area (Å²) in [7, 11) is 0. The fourth-order valence-electron chi connectivity index (χ4n) is 3.02. The van der Waals surface area contributed by atoms with Crippen LogP contribution < -0.4 is 5.32 Å². The van der Waals surface area contributed by atoms with E-state index in [9.17, 15) is 14.7 Å². The zero-order chi connectivity index (χ0) is 18.6. The van der Waals surface area contributed by atoms with Gasteiger partial charge in [-0.25, -0.2) is 0 Å². The highest BCUT2D eigenvalue weighted by Crippen LogP contribution is 2.28. The van der Waals surface area contributed by atoms with Crippen molar-refractivity contribution in [2.75, 3.05) is 0 Å². The van der Waals surface area contributed by atoms with E-state index < -0.39 is 11.4 Å². The van der Waals surface area contributed by atoms with E-state index >= 15 is 0 Å². The second kappa shape index (κ2) is 7.51. The predicted octanol–water partition coefficient (Wildman–Crippen LogP) is 3.91. The molecule has 2 aromatic rings. The maximum Gasteiger partial charge on any atom is 0.314 e. The van der Waals surface area contributed by atoms with Gasteiger partial charge >= 0.3 is 5.97 Å². The Morgan fingerprint density at radius 2 is 1.76 bits per heavy atom. The lowest BCUT2D eigenvalue weighted by atomic mass is 9.79. The van der Waals surface area contributed by atoms with Crippen LogP contribution in [0.4, 0.5) is 0 Å². The summed E-state index contributed by atoms with van der Waals surface area (Å²) >= 11 is 0. The van der Waals surface area contributed by atoms with Crippen LogP contribution in [0.25, 0.3) is 0 Å². The van der Waals surface area contributed by atoms with Crippen LogP contribution in [-0.2, 0) is 15.0 Å². The van der Waals surface area contributed by atoms with Crippen LogP contribution >= 0.6 is 0 Å². The van der Waals surface area contributed by atoms with Gasteiger partial charge in [-0.2, -0.15) is 0 Å². The van der Waals surface area contributed by atoms with Gasteiger partial charge in [0.15, 0.2) is 0 Å². The number of rotatable bonds is 6. The average molecular weight is 339 g/mol. The molecule has 0 saturated carbocycles. The van der Waals surface area contributed by atoms with Gasteiger partial charge in [0.05, 0.1) is 11.5 Å². The molecule has 0 saturated heterocycles. The van der Waals surface area contributed by atoms with E-state index in [1.54, 1.807) is 31.2 Å². The van der Waals surface area contributed by atoms with Gasteiger partial charge in [0.2, 0.25) is 5.91 Å². The third-order valence-corrected chi connectivity index (χ3v) is 4.68. The van der Waals surface area contributed by atoms with Gasteiger partial charge < -0.3 is 10.4 Å². The Kier molecular flexibility index (Phi) is 5.62. The number of benzene rings is 2. The SMILES string of the molecule is Cc1ccc(C)c(C(C)NC(=O)CC(C)(C(=O)O)c2ccccc2)c1. The molecule has 132 valence electrons. The number of aryl methyl sites for hydroxylation is 2. The van der Waals surface area contributed by atoms with Crippen molar-refractivity contribution in [3.8, 4) is 0 Å². The summed E-state index contributed by atoms with van der Waals surface area (Å²) in [5, 5.41) is 12.6. The minimum Gasteiger partial charge on any atom is -0.481 e. The summed E-state index contributed by atoms with van der Waals surface area (Å²) < 4.78 is 0. The molecule has 0 aliphatic rings. The minimum atomic E-state index is -1.26. The molecule has 4 heteroatoms. The number of carboxylic acid groups (broad SMARTS) is 1. The van der Waals surface area contributed by atoms with E-state index in [0.717, 1.165) is 16.7 Å². The van der Waals surface area contributed by atoms with Gasteiger partial charge in [-0.3, -0.25) is 9.59 Å². The molecule has 0 aliphatic carbocycles. The third kappa shape index (κ3) is 4.27. The molecule has 2 aromatic carbocycles. The Hall–Kier alpha value is -2.62. The summed E-state index contributed by atoms with van der Waals surface area (Å²) in [5.74, 6) is -1.28. The molecule has 4 nitrogen and oxygen atoms in total. The average Bonchev–Trinajstić information content (AvgIpc) is 2.57. The maximum absolute atomic E-state index is 12.5. The van der Waals surface area contributed by atoms with E-state index in [1.165, 1.54) is 0 Å². The van der Waals surface area contributed by atoms with Crippen molar-refractivity contribution in [1.29, 1.82) is 0 Å². The highest BCUT2D eigenvalue weighted by atomic mass is 16.4. The van der Waals surface area contributed by atoms with Gasteiger partial charge in [-0.15, -0.1) is 0 Å². The lowest BCUT2D eigenvalue weighted by molar-refractivity contribution is -0.145. The Balaban J connectivity index is 2.17. The maximum atomic E-state index is 12.5. The highest BCUT2D eigenvalue weighted by molar-refractivity contribution is 5.89. The fourth-order valence-corrected chi connectivity index (χ4v) is 3.02. The van der Waals surface area contributed by atoms with E-state index in [-0.39, 0.29) is 18.4 Å². The minimum absolute atomic E-state index is 0.110. The van der Waals surface area contributed by atoms with E-state index in [2.05, 4.69) is 5.32 Å². The first-order valence-electron chi connectivity index (χ1n) is 8.39. The largest absolute Gasteiger partial charge is 0.481 e. The quantitative estimate of drug-likeness (QED) is 0.838. The molecule has 25 heavy (non-hydrogen) atoms. The second-order valence-corrected chi connectivity index (χ2v) is 6.83. The number of carbonyl (C=O) groups is 2. The van der Waals surface area contributed by atoms with Crippen LogP contribution in [0.5, 0.6) is 0 Å². The lowest BCUT2D eigenvalue weighted by Gasteiger charge is -2.26. The number of hydrogen-bond acceptors (Lipinski definition) is 2. The molecular formula is C21H25NO3. The van der Waals surface area contributed by atoms with Gasteiger partial charge in [-0.1, -0.05) is 54.1 Å². The molecule has 2 rings (SSSR count). The zero-order valence-corrected chi connectivity index (χ0v) is 15.2. The molecule has 0 fully saturated rings. The van der Waals surface area contributed by atoms with Crippen molar-refractivity contribution in [3.63, 3.8) is 0 Å². The predicted molar refractivity (Wildman–Crippen MR) is 98.5 cm³/mol.